The summed E-state index contributed by atoms with van der Waals surface area (Å²) in [5.74, 6) is -2.90. The fourth-order valence-electron chi connectivity index (χ4n) is 6.60. The van der Waals surface area contributed by atoms with Crippen molar-refractivity contribution < 1.29 is 32.5 Å². The molecule has 0 spiro atoms. The second-order valence-corrected chi connectivity index (χ2v) is 12.0. The van der Waals surface area contributed by atoms with Crippen molar-refractivity contribution in [3.8, 4) is 5.75 Å². The predicted molar refractivity (Wildman–Crippen MR) is 162 cm³/mol. The van der Waals surface area contributed by atoms with Gasteiger partial charge in [0.15, 0.2) is 11.6 Å². The van der Waals surface area contributed by atoms with E-state index in [1.165, 1.54) is 11.1 Å². The minimum absolute atomic E-state index is 0.108. The molecule has 1 aromatic heterocycles. The van der Waals surface area contributed by atoms with Gasteiger partial charge >= 0.3 is 5.97 Å². The highest BCUT2D eigenvalue weighted by atomic mass is 19.1. The summed E-state index contributed by atoms with van der Waals surface area (Å²) in [7, 11) is 1.66. The van der Waals surface area contributed by atoms with Crippen LogP contribution in [0.15, 0.2) is 36.5 Å². The van der Waals surface area contributed by atoms with Crippen molar-refractivity contribution in [3.05, 3.63) is 65.1 Å². The minimum Gasteiger partial charge on any atom is -0.497 e. The van der Waals surface area contributed by atoms with E-state index in [0.29, 0.717) is 31.8 Å². The molecule has 2 saturated heterocycles. The van der Waals surface area contributed by atoms with Gasteiger partial charge in [0.1, 0.15) is 17.3 Å². The third-order valence-electron chi connectivity index (χ3n) is 9.09. The average molecular weight is 615 g/mol. The molecule has 2 fully saturated rings. The van der Waals surface area contributed by atoms with Gasteiger partial charge in [0, 0.05) is 56.4 Å². The maximum absolute atomic E-state index is 14.0. The van der Waals surface area contributed by atoms with Crippen LogP contribution in [0, 0.1) is 22.9 Å². The Morgan fingerprint density at radius 2 is 1.80 bits per heavy atom. The Bertz CT molecular complexity index is 1420. The molecule has 238 valence electrons. The van der Waals surface area contributed by atoms with Crippen LogP contribution in [0.3, 0.4) is 0 Å². The molecule has 0 saturated carbocycles. The highest BCUT2D eigenvalue weighted by Gasteiger charge is 2.36. The number of aliphatic carboxylic acids is 1. The fourth-order valence-corrected chi connectivity index (χ4v) is 6.60. The first-order valence-electron chi connectivity index (χ1n) is 15.3. The Kier molecular flexibility index (Phi) is 10.6. The highest BCUT2D eigenvalue weighted by Crippen LogP contribution is 2.40. The van der Waals surface area contributed by atoms with Crippen LogP contribution in [-0.4, -0.2) is 85.5 Å². The van der Waals surface area contributed by atoms with E-state index in [0.717, 1.165) is 81.6 Å². The number of hydrogen-bond donors (Lipinski definition) is 2. The number of methoxy groups -OCH3 is 1. The minimum atomic E-state index is -0.963. The predicted octanol–water partition coefficient (Wildman–Crippen LogP) is 5.48. The number of ether oxygens (including phenoxy) is 2. The zero-order valence-corrected chi connectivity index (χ0v) is 25.2. The summed E-state index contributed by atoms with van der Waals surface area (Å²) in [5.41, 5.74) is 2.66. The van der Waals surface area contributed by atoms with Crippen LogP contribution >= 0.6 is 0 Å². The van der Waals surface area contributed by atoms with Crippen molar-refractivity contribution in [2.24, 2.45) is 5.41 Å². The van der Waals surface area contributed by atoms with E-state index in [1.54, 1.807) is 7.11 Å². The number of nitrogens with one attached hydrogen (secondary N) is 1. The Morgan fingerprint density at radius 3 is 2.48 bits per heavy atom. The fraction of sp³-hybridized carbons (Fsp3) is 0.515. The van der Waals surface area contributed by atoms with Crippen molar-refractivity contribution in [2.75, 3.05) is 64.9 Å². The van der Waals surface area contributed by atoms with Gasteiger partial charge in [-0.15, -0.1) is 0 Å². The molecule has 2 N–H and O–H groups in total. The number of nitrogens with zero attached hydrogens (tertiary/aromatic N) is 3. The number of morpholine rings is 1. The van der Waals surface area contributed by atoms with Crippen LogP contribution in [0.4, 0.5) is 18.9 Å². The summed E-state index contributed by atoms with van der Waals surface area (Å²) >= 11 is 0. The van der Waals surface area contributed by atoms with E-state index in [1.807, 2.05) is 24.4 Å². The lowest BCUT2D eigenvalue weighted by Gasteiger charge is -2.41. The topological polar surface area (TPSA) is 87.2 Å². The largest absolute Gasteiger partial charge is 0.497 e. The van der Waals surface area contributed by atoms with Crippen molar-refractivity contribution in [1.29, 1.82) is 0 Å². The number of carboxylic acids is 1. The second kappa shape index (κ2) is 14.6. The summed E-state index contributed by atoms with van der Waals surface area (Å²) in [4.78, 5) is 21.3. The lowest BCUT2D eigenvalue weighted by atomic mass is 9.72. The number of carboxylic acid groups (broad SMARTS) is 1. The first-order chi connectivity index (χ1) is 21.2. The van der Waals surface area contributed by atoms with Gasteiger partial charge in [-0.3, -0.25) is 14.7 Å². The number of likely N-dealkylation sites (tertiary alicyclic amines) is 1. The highest BCUT2D eigenvalue weighted by molar-refractivity contribution is 5.84. The quantitative estimate of drug-likeness (QED) is 0.262. The molecule has 0 atom stereocenters. The number of anilines is 1. The first-order valence-corrected chi connectivity index (χ1v) is 15.3. The zero-order chi connectivity index (χ0) is 31.1. The summed E-state index contributed by atoms with van der Waals surface area (Å²) in [5, 5.41) is 13.6. The van der Waals surface area contributed by atoms with E-state index >= 15 is 0 Å². The molecule has 3 heterocycles. The number of benzene rings is 2. The van der Waals surface area contributed by atoms with E-state index in [9.17, 15) is 23.1 Å². The second-order valence-electron chi connectivity index (χ2n) is 12.0. The average Bonchev–Trinajstić information content (AvgIpc) is 3.00. The zero-order valence-electron chi connectivity index (χ0n) is 25.2. The molecule has 2 aliphatic heterocycles. The summed E-state index contributed by atoms with van der Waals surface area (Å²) < 4.78 is 52.2. The van der Waals surface area contributed by atoms with Crippen LogP contribution in [0.2, 0.25) is 0 Å². The monoisotopic (exact) mass is 614 g/mol. The molecule has 2 aliphatic rings. The number of carbonyl (C=O) groups is 1. The molecular formula is C33H41F3N4O4. The third kappa shape index (κ3) is 7.99. The van der Waals surface area contributed by atoms with Crippen LogP contribution < -0.4 is 10.1 Å². The standard InChI is InChI=1S/C33H41F3N4O4/c1-43-25-4-5-30-27(19-25)26(23(21-38-30)22-40-13-15-44-16-14-40)3-2-6-33(20-31(41)42)7-10-39(11-8-33)12-9-37-32-28(35)17-24(34)18-29(32)36/h4-5,17-19,21,37H,2-3,6-16,20,22H2,1H3,(H,41,42). The number of pyridine rings is 1. The number of aromatic nitrogens is 1. The lowest BCUT2D eigenvalue weighted by molar-refractivity contribution is -0.140. The number of aryl methyl sites for hydroxylation is 1. The Balaban J connectivity index is 1.23. The molecule has 0 aliphatic carbocycles. The number of fused-ring (bicyclic) bond motifs is 1. The van der Waals surface area contributed by atoms with Crippen molar-refractivity contribution in [1.82, 2.24) is 14.8 Å². The van der Waals surface area contributed by atoms with Gasteiger partial charge < -0.3 is 24.8 Å². The summed E-state index contributed by atoms with van der Waals surface area (Å²) in [6, 6.07) is 7.25. The molecule has 0 bridgehead atoms. The molecule has 3 aromatic rings. The van der Waals surface area contributed by atoms with Gasteiger partial charge in [-0.05, 0) is 79.9 Å². The van der Waals surface area contributed by atoms with Crippen molar-refractivity contribution >= 4 is 22.6 Å². The molecule has 8 nitrogen and oxygen atoms in total. The van der Waals surface area contributed by atoms with E-state index < -0.39 is 23.4 Å². The smallest absolute Gasteiger partial charge is 0.303 e. The van der Waals surface area contributed by atoms with Gasteiger partial charge in [-0.25, -0.2) is 13.2 Å². The first kappa shape index (κ1) is 32.0. The van der Waals surface area contributed by atoms with Crippen LogP contribution in [0.25, 0.3) is 10.9 Å². The molecule has 2 aromatic carbocycles. The van der Waals surface area contributed by atoms with E-state index in [4.69, 9.17) is 14.5 Å². The number of rotatable bonds is 13. The van der Waals surface area contributed by atoms with E-state index in [2.05, 4.69) is 15.1 Å². The summed E-state index contributed by atoms with van der Waals surface area (Å²) in [6.45, 7) is 6.18. The summed E-state index contributed by atoms with van der Waals surface area (Å²) in [6.07, 6.45) is 5.95. The normalized spacial score (nSPS) is 17.5. The molecule has 11 heteroatoms. The van der Waals surface area contributed by atoms with Gasteiger partial charge in [0.2, 0.25) is 0 Å². The molecule has 5 rings (SSSR count). The Morgan fingerprint density at radius 1 is 1.07 bits per heavy atom. The number of hydrogen-bond acceptors (Lipinski definition) is 7. The van der Waals surface area contributed by atoms with Gasteiger partial charge in [0.05, 0.1) is 32.3 Å². The Labute approximate surface area is 256 Å². The molecule has 44 heavy (non-hydrogen) atoms. The molecule has 0 unspecified atom stereocenters. The maximum atomic E-state index is 14.0. The van der Waals surface area contributed by atoms with Gasteiger partial charge in [-0.2, -0.15) is 0 Å². The van der Waals surface area contributed by atoms with Crippen LogP contribution in [0.1, 0.15) is 43.2 Å². The molecule has 0 amide bonds. The number of halogens is 3. The van der Waals surface area contributed by atoms with Gasteiger partial charge in [-0.1, -0.05) is 0 Å². The number of piperidine rings is 1. The van der Waals surface area contributed by atoms with Gasteiger partial charge in [0.25, 0.3) is 0 Å². The SMILES string of the molecule is COc1ccc2ncc(CN3CCOCC3)c(CCCC3(CC(=O)O)CCN(CCNc4c(F)cc(F)cc4F)CC3)c2c1. The van der Waals surface area contributed by atoms with Crippen molar-refractivity contribution in [2.45, 2.75) is 45.1 Å². The maximum Gasteiger partial charge on any atom is 0.303 e. The molecule has 0 radical (unpaired) electrons. The third-order valence-corrected chi connectivity index (χ3v) is 9.09. The van der Waals surface area contributed by atoms with E-state index in [-0.39, 0.29) is 24.1 Å². The lowest BCUT2D eigenvalue weighted by Crippen LogP contribution is -2.43. The van der Waals surface area contributed by atoms with Crippen LogP contribution in [0.5, 0.6) is 5.75 Å². The Hall–Kier alpha value is -3.41. The molecular weight excluding hydrogens is 573 g/mol. The van der Waals surface area contributed by atoms with Crippen LogP contribution in [-0.2, 0) is 22.5 Å². The van der Waals surface area contributed by atoms with Crippen molar-refractivity contribution in [3.63, 3.8) is 0 Å².